The number of fused-ring (bicyclic) bond motifs is 2. The van der Waals surface area contributed by atoms with Crippen LogP contribution in [-0.4, -0.2) is 159 Å². The smallest absolute Gasteiger partial charge is 0.334 e. The maximum atomic E-state index is 14.5. The molecule has 4 aromatic carbocycles. The van der Waals surface area contributed by atoms with E-state index < -0.39 is 126 Å². The number of carbonyl (C=O) groups is 11. The number of hydrogen-bond donors (Lipinski definition) is 18. The van der Waals surface area contributed by atoms with Crippen LogP contribution in [0.1, 0.15) is 75.6 Å². The lowest BCUT2D eigenvalue weighted by Gasteiger charge is -2.28. The summed E-state index contributed by atoms with van der Waals surface area (Å²) in [5.74, 6) is -9.42. The Morgan fingerprint density at radius 2 is 0.989 bits per heavy atom. The molecule has 2 heterocycles. The van der Waals surface area contributed by atoms with Gasteiger partial charge in [-0.1, -0.05) is 92.7 Å². The van der Waals surface area contributed by atoms with E-state index in [0.717, 1.165) is 17.8 Å². The van der Waals surface area contributed by atoms with Crippen molar-refractivity contribution in [2.45, 2.75) is 134 Å². The number of nitrogens with zero attached hydrogens (tertiary/aromatic N) is 1. The molecule has 2 aromatic heterocycles. The highest BCUT2D eigenvalue weighted by atomic mass is 16.3. The highest BCUT2D eigenvalue weighted by Crippen LogP contribution is 2.22. The van der Waals surface area contributed by atoms with E-state index in [9.17, 15) is 63.0 Å². The summed E-state index contributed by atoms with van der Waals surface area (Å²) >= 11 is 0. The van der Waals surface area contributed by atoms with E-state index >= 15 is 0 Å². The fraction of sp³-hybridized carbons (Fsp3) is 0.375. The number of urea groups is 1. The molecule has 0 aliphatic heterocycles. The van der Waals surface area contributed by atoms with Crippen molar-refractivity contribution >= 4 is 92.9 Å². The van der Waals surface area contributed by atoms with Crippen LogP contribution in [-0.2, 0) is 73.6 Å². The zero-order valence-electron chi connectivity index (χ0n) is 52.7. The average molecular weight is 1300 g/mol. The van der Waals surface area contributed by atoms with Crippen LogP contribution in [0.25, 0.3) is 21.8 Å². The van der Waals surface area contributed by atoms with E-state index in [0.29, 0.717) is 33.2 Å². The molecule has 9 atom stereocenters. The number of guanidine groups is 1. The quantitative estimate of drug-likeness (QED) is 0.0100. The fourth-order valence-corrected chi connectivity index (χ4v) is 10.2. The number of aliphatic hydroxyl groups is 1. The predicted octanol–water partition coefficient (Wildman–Crippen LogP) is -1.16. The third-order valence-corrected chi connectivity index (χ3v) is 15.1. The van der Waals surface area contributed by atoms with Gasteiger partial charge in [-0.15, -0.1) is 0 Å². The second-order valence-corrected chi connectivity index (χ2v) is 23.0. The van der Waals surface area contributed by atoms with Gasteiger partial charge in [-0.05, 0) is 78.6 Å². The molecule has 94 heavy (non-hydrogen) atoms. The number of aromatic nitrogens is 2. The number of phenolic OH excluding ortho intramolecular Hbond substituents is 1. The first kappa shape index (κ1) is 72.0. The van der Waals surface area contributed by atoms with Crippen molar-refractivity contribution in [2.24, 2.45) is 28.1 Å². The lowest BCUT2D eigenvalue weighted by Crippen LogP contribution is -2.62. The summed E-state index contributed by atoms with van der Waals surface area (Å²) in [6, 6.07) is 15.6. The Bertz CT molecular complexity index is 3670. The van der Waals surface area contributed by atoms with Gasteiger partial charge in [-0.2, -0.15) is 0 Å². The number of aliphatic hydroxyl groups excluding tert-OH is 1. The maximum absolute atomic E-state index is 14.5. The number of amides is 12. The van der Waals surface area contributed by atoms with Gasteiger partial charge >= 0.3 is 6.03 Å². The van der Waals surface area contributed by atoms with Gasteiger partial charge in [0.05, 0.1) is 12.5 Å². The average Bonchev–Trinajstić information content (AvgIpc) is 1.64. The molecule has 0 saturated carbocycles. The summed E-state index contributed by atoms with van der Waals surface area (Å²) in [6.07, 6.45) is 0.541. The number of para-hydroxylation sites is 2. The van der Waals surface area contributed by atoms with Gasteiger partial charge in [0.1, 0.15) is 54.1 Å². The van der Waals surface area contributed by atoms with Crippen LogP contribution < -0.4 is 75.9 Å². The van der Waals surface area contributed by atoms with E-state index in [-0.39, 0.29) is 69.1 Å². The fourth-order valence-electron chi connectivity index (χ4n) is 10.2. The lowest BCUT2D eigenvalue weighted by molar-refractivity contribution is -0.137. The largest absolute Gasteiger partial charge is 0.508 e. The molecule has 21 N–H and O–H groups in total. The minimum atomic E-state index is -1.90. The van der Waals surface area contributed by atoms with Gasteiger partial charge in [0, 0.05) is 80.4 Å². The van der Waals surface area contributed by atoms with Gasteiger partial charge in [0.25, 0.3) is 5.91 Å². The molecule has 0 spiro atoms. The number of aliphatic imine (C=N–C) groups is 1. The third kappa shape index (κ3) is 22.1. The summed E-state index contributed by atoms with van der Waals surface area (Å²) < 4.78 is 0. The number of nitrogens with one attached hydrogen (secondary N) is 13. The third-order valence-electron chi connectivity index (χ3n) is 15.1. The number of carbonyl (C=O) groups excluding carboxylic acids is 11. The van der Waals surface area contributed by atoms with Crippen LogP contribution in [0.5, 0.6) is 5.75 Å². The SMILES string of the molecule is CN=C(N)NCCC[C@H](NC(=O)[C@H](CC(C)C)NC(=O)NNC(=O)[C@H](Cc1ccccc1)NC(=O)[C@@H](NC(=O)[C@H](CC(N)=O)NC(=O)[C@H](Cc1c[nH]c2ccccc12)NC(=O)[C@@H](Cc1ccc(O)cc1)NC(C)=O)[C@@H](C)O)C(=O)N[C@@H](Cc1c[nH]c2ccccc12)C(N)=O. The van der Waals surface area contributed by atoms with Crippen LogP contribution in [0.3, 0.4) is 0 Å². The number of hydrazine groups is 1. The summed E-state index contributed by atoms with van der Waals surface area (Å²) in [7, 11) is 1.48. The molecule has 0 bridgehead atoms. The molecule has 6 aromatic rings. The number of rotatable bonds is 33. The molecule has 0 saturated heterocycles. The summed E-state index contributed by atoms with van der Waals surface area (Å²) in [5.41, 5.74) is 25.4. The first-order chi connectivity index (χ1) is 44.8. The molecule has 0 unspecified atom stereocenters. The van der Waals surface area contributed by atoms with Crippen molar-refractivity contribution in [2.75, 3.05) is 13.6 Å². The Hall–Kier alpha value is -11.0. The van der Waals surface area contributed by atoms with Crippen LogP contribution in [0.2, 0.25) is 0 Å². The van der Waals surface area contributed by atoms with E-state index in [1.165, 1.54) is 26.1 Å². The van der Waals surface area contributed by atoms with Crippen LogP contribution >= 0.6 is 0 Å². The highest BCUT2D eigenvalue weighted by Gasteiger charge is 2.36. The summed E-state index contributed by atoms with van der Waals surface area (Å²) in [4.78, 5) is 161. The molecular formula is C64H83N17O13. The number of aromatic amines is 2. The summed E-state index contributed by atoms with van der Waals surface area (Å²) in [6.45, 7) is 6.11. The Labute approximate surface area is 541 Å². The predicted molar refractivity (Wildman–Crippen MR) is 348 cm³/mol. The number of phenols is 1. The van der Waals surface area contributed by atoms with Gasteiger partial charge in [-0.25, -0.2) is 10.2 Å². The lowest BCUT2D eigenvalue weighted by atomic mass is 10.0. The van der Waals surface area contributed by atoms with Crippen molar-refractivity contribution in [3.05, 3.63) is 138 Å². The first-order valence-electron chi connectivity index (χ1n) is 30.4. The molecular weight excluding hydrogens is 1210 g/mol. The molecule has 30 heteroatoms. The van der Waals surface area contributed by atoms with Crippen molar-refractivity contribution in [3.8, 4) is 5.75 Å². The standard InChI is InChI=1S/C64H83N17O13/c1-34(2)26-48(57(88)73-46(20-13-25-69-63(67)68-5)56(87)74-47(55(66)86)29-39-32-70-44-18-11-9-16-42(39)44)78-64(94)81-80-61(92)50(27-37-14-7-6-8-15-37)77-62(93)54(35(3)82)79-60(91)52(31-53(65)85)76-59(90)51(30-40-33-71-45-19-12-10-17-43(40)45)75-58(89)49(72-36(4)83)28-38-21-23-41(84)24-22-38/h6-12,14-19,21-24,32-35,46-52,54,70-71,82,84H,13,20,25-31H2,1-5H3,(H2,65,85)(H2,66,86)(H,72,83)(H,73,88)(H,74,87)(H,75,89)(H,76,90)(H,77,93)(H,79,91)(H,80,92)(H3,67,68,69)(H2,78,81,94)/t35-,46+,47+,48+,49-,50+,51+,52+,54+/m1/s1. The van der Waals surface area contributed by atoms with Crippen molar-refractivity contribution < 1.29 is 63.0 Å². The van der Waals surface area contributed by atoms with Crippen molar-refractivity contribution in [1.29, 1.82) is 0 Å². The second-order valence-electron chi connectivity index (χ2n) is 23.0. The van der Waals surface area contributed by atoms with Crippen LogP contribution in [0.15, 0.2) is 121 Å². The van der Waals surface area contributed by atoms with E-state index in [1.54, 1.807) is 93.0 Å². The topological polar surface area (TPSA) is 483 Å². The molecule has 30 nitrogen and oxygen atoms in total. The number of nitrogens with two attached hydrogens (primary N) is 3. The number of benzene rings is 4. The second kappa shape index (κ2) is 35.0. The van der Waals surface area contributed by atoms with Crippen LogP contribution in [0, 0.1) is 5.92 Å². The monoisotopic (exact) mass is 1300 g/mol. The van der Waals surface area contributed by atoms with E-state index in [1.807, 2.05) is 24.3 Å². The van der Waals surface area contributed by atoms with E-state index in [4.69, 9.17) is 17.2 Å². The minimum absolute atomic E-state index is 0.0123. The normalized spacial score (nSPS) is 14.2. The molecule has 0 fully saturated rings. The van der Waals surface area contributed by atoms with E-state index in [2.05, 4.69) is 73.7 Å². The Morgan fingerprint density at radius 3 is 1.54 bits per heavy atom. The molecule has 502 valence electrons. The number of primary amides is 2. The number of H-pyrrole nitrogens is 2. The Morgan fingerprint density at radius 1 is 0.511 bits per heavy atom. The maximum Gasteiger partial charge on any atom is 0.334 e. The van der Waals surface area contributed by atoms with Gasteiger partial charge in [-0.3, -0.25) is 58.4 Å². The number of aromatic hydroxyl groups is 1. The molecule has 6 rings (SSSR count). The van der Waals surface area contributed by atoms with Gasteiger partial charge < -0.3 is 85.2 Å². The number of hydrogen-bond acceptors (Lipinski definition) is 14. The Balaban J connectivity index is 1.16. The molecule has 0 radical (unpaired) electrons. The minimum Gasteiger partial charge on any atom is -0.508 e. The Kier molecular flexibility index (Phi) is 26.8. The van der Waals surface area contributed by atoms with Gasteiger partial charge in [0.2, 0.25) is 53.2 Å². The first-order valence-corrected chi connectivity index (χ1v) is 30.4. The molecule has 0 aliphatic rings. The van der Waals surface area contributed by atoms with Crippen LogP contribution in [0.4, 0.5) is 4.79 Å². The van der Waals surface area contributed by atoms with Gasteiger partial charge in [0.15, 0.2) is 5.96 Å². The molecule has 12 amide bonds. The zero-order valence-corrected chi connectivity index (χ0v) is 52.7. The highest BCUT2D eigenvalue weighted by molar-refractivity contribution is 5.99. The van der Waals surface area contributed by atoms with Crippen molar-refractivity contribution in [1.82, 2.24) is 68.7 Å². The van der Waals surface area contributed by atoms with Crippen molar-refractivity contribution in [3.63, 3.8) is 0 Å². The summed E-state index contributed by atoms with van der Waals surface area (Å²) in [5, 5.41) is 45.6. The zero-order chi connectivity index (χ0) is 68.6. The molecule has 0 aliphatic carbocycles.